The van der Waals surface area contributed by atoms with Crippen molar-refractivity contribution < 1.29 is 9.59 Å². The van der Waals surface area contributed by atoms with E-state index in [1.165, 1.54) is 11.0 Å². The van der Waals surface area contributed by atoms with Crippen LogP contribution in [-0.2, 0) is 9.59 Å². The van der Waals surface area contributed by atoms with Crippen LogP contribution in [0.5, 0.6) is 0 Å². The molecule has 2 amide bonds. The van der Waals surface area contributed by atoms with Crippen LogP contribution in [0, 0.1) is 6.92 Å². The third-order valence-electron chi connectivity index (χ3n) is 3.31. The molecule has 0 spiro atoms. The first-order chi connectivity index (χ1) is 11.0. The second kappa shape index (κ2) is 7.94. The minimum Gasteiger partial charge on any atom is -0.333 e. The normalized spacial score (nSPS) is 10.5. The molecular weight excluding hydrogens is 288 g/mol. The fourth-order valence-electron chi connectivity index (χ4n) is 1.99. The smallest absolute Gasteiger partial charge is 0.246 e. The van der Waals surface area contributed by atoms with E-state index in [9.17, 15) is 9.59 Å². The molecule has 0 saturated carbocycles. The Morgan fingerprint density at radius 2 is 1.70 bits per heavy atom. The first-order valence-corrected chi connectivity index (χ1v) is 7.39. The van der Waals surface area contributed by atoms with Crippen LogP contribution in [0.2, 0.25) is 0 Å². The van der Waals surface area contributed by atoms with Gasteiger partial charge in [0.05, 0.1) is 6.54 Å². The summed E-state index contributed by atoms with van der Waals surface area (Å²) in [5.41, 5.74) is 2.79. The van der Waals surface area contributed by atoms with Crippen molar-refractivity contribution in [3.63, 3.8) is 0 Å². The molecule has 2 aromatic rings. The van der Waals surface area contributed by atoms with Gasteiger partial charge in [-0.1, -0.05) is 48.0 Å². The van der Waals surface area contributed by atoms with E-state index in [1.54, 1.807) is 13.1 Å². The number of benzene rings is 2. The Balaban J connectivity index is 1.86. The molecular formula is C19H20N2O2. The van der Waals surface area contributed by atoms with Gasteiger partial charge in [-0.3, -0.25) is 9.59 Å². The SMILES string of the molecule is Cc1ccc(NC(=O)CN(C)C(=O)/C=C/c2ccccc2)cc1. The lowest BCUT2D eigenvalue weighted by Crippen LogP contribution is -2.33. The molecule has 0 aliphatic rings. The molecule has 4 nitrogen and oxygen atoms in total. The van der Waals surface area contributed by atoms with Gasteiger partial charge in [-0.25, -0.2) is 0 Å². The maximum atomic E-state index is 12.0. The predicted molar refractivity (Wildman–Crippen MR) is 92.9 cm³/mol. The van der Waals surface area contributed by atoms with Gasteiger partial charge in [0.15, 0.2) is 0 Å². The Morgan fingerprint density at radius 3 is 2.35 bits per heavy atom. The number of likely N-dealkylation sites (N-methyl/N-ethyl adjacent to an activating group) is 1. The fraction of sp³-hybridized carbons (Fsp3) is 0.158. The standard InChI is InChI=1S/C19H20N2O2/c1-15-8-11-17(12-9-15)20-18(22)14-21(2)19(23)13-10-16-6-4-3-5-7-16/h3-13H,14H2,1-2H3,(H,20,22)/b13-10+. The average molecular weight is 308 g/mol. The molecule has 0 fully saturated rings. The first kappa shape index (κ1) is 16.5. The Bertz CT molecular complexity index is 691. The largest absolute Gasteiger partial charge is 0.333 e. The number of nitrogens with one attached hydrogen (secondary N) is 1. The number of amides is 2. The quantitative estimate of drug-likeness (QED) is 0.863. The highest BCUT2D eigenvalue weighted by Gasteiger charge is 2.10. The van der Waals surface area contributed by atoms with E-state index < -0.39 is 0 Å². The fourth-order valence-corrected chi connectivity index (χ4v) is 1.99. The Labute approximate surface area is 136 Å². The Hall–Kier alpha value is -2.88. The molecule has 0 unspecified atom stereocenters. The minimum atomic E-state index is -0.224. The summed E-state index contributed by atoms with van der Waals surface area (Å²) < 4.78 is 0. The van der Waals surface area contributed by atoms with Gasteiger partial charge in [-0.2, -0.15) is 0 Å². The van der Waals surface area contributed by atoms with Crippen LogP contribution >= 0.6 is 0 Å². The molecule has 0 atom stereocenters. The molecule has 0 aliphatic carbocycles. The van der Waals surface area contributed by atoms with Crippen molar-refractivity contribution in [2.75, 3.05) is 18.9 Å². The zero-order valence-electron chi connectivity index (χ0n) is 13.3. The molecule has 1 N–H and O–H groups in total. The summed E-state index contributed by atoms with van der Waals surface area (Å²) in [6.07, 6.45) is 3.20. The zero-order chi connectivity index (χ0) is 16.7. The maximum Gasteiger partial charge on any atom is 0.246 e. The topological polar surface area (TPSA) is 49.4 Å². The summed E-state index contributed by atoms with van der Waals surface area (Å²) in [4.78, 5) is 25.3. The number of nitrogens with zero attached hydrogens (tertiary/aromatic N) is 1. The van der Waals surface area contributed by atoms with E-state index in [2.05, 4.69) is 5.32 Å². The highest BCUT2D eigenvalue weighted by atomic mass is 16.2. The first-order valence-electron chi connectivity index (χ1n) is 7.39. The number of rotatable bonds is 5. The second-order valence-electron chi connectivity index (χ2n) is 5.35. The van der Waals surface area contributed by atoms with Crippen LogP contribution in [0.1, 0.15) is 11.1 Å². The lowest BCUT2D eigenvalue weighted by atomic mass is 10.2. The van der Waals surface area contributed by atoms with Crippen molar-refractivity contribution in [1.82, 2.24) is 4.90 Å². The van der Waals surface area contributed by atoms with Crippen LogP contribution in [0.15, 0.2) is 60.7 Å². The molecule has 2 rings (SSSR count). The van der Waals surface area contributed by atoms with Gasteiger partial charge in [0.2, 0.25) is 11.8 Å². The summed E-state index contributed by atoms with van der Waals surface area (Å²) in [6, 6.07) is 17.1. The summed E-state index contributed by atoms with van der Waals surface area (Å²) in [6.45, 7) is 1.99. The molecule has 0 heterocycles. The van der Waals surface area contributed by atoms with Crippen LogP contribution in [0.25, 0.3) is 6.08 Å². The highest BCUT2D eigenvalue weighted by molar-refractivity contribution is 5.97. The van der Waals surface area contributed by atoms with Crippen molar-refractivity contribution in [3.8, 4) is 0 Å². The maximum absolute atomic E-state index is 12.0. The van der Waals surface area contributed by atoms with Crippen LogP contribution in [-0.4, -0.2) is 30.3 Å². The van der Waals surface area contributed by atoms with E-state index in [-0.39, 0.29) is 18.4 Å². The molecule has 0 saturated heterocycles. The molecule has 2 aromatic carbocycles. The van der Waals surface area contributed by atoms with E-state index in [1.807, 2.05) is 61.5 Å². The molecule has 0 aliphatic heterocycles. The monoisotopic (exact) mass is 308 g/mol. The van der Waals surface area contributed by atoms with Gasteiger partial charge < -0.3 is 10.2 Å². The zero-order valence-corrected chi connectivity index (χ0v) is 13.3. The van der Waals surface area contributed by atoms with Gasteiger partial charge >= 0.3 is 0 Å². The Morgan fingerprint density at radius 1 is 1.04 bits per heavy atom. The number of carbonyl (C=O) groups is 2. The van der Waals surface area contributed by atoms with Crippen LogP contribution in [0.4, 0.5) is 5.69 Å². The van der Waals surface area contributed by atoms with Crippen molar-refractivity contribution in [1.29, 1.82) is 0 Å². The van der Waals surface area contributed by atoms with E-state index in [0.717, 1.165) is 16.8 Å². The highest BCUT2D eigenvalue weighted by Crippen LogP contribution is 2.08. The van der Waals surface area contributed by atoms with Crippen LogP contribution in [0.3, 0.4) is 0 Å². The second-order valence-corrected chi connectivity index (χ2v) is 5.35. The van der Waals surface area contributed by atoms with Crippen molar-refractivity contribution >= 4 is 23.6 Å². The van der Waals surface area contributed by atoms with Gasteiger partial charge in [-0.05, 0) is 30.7 Å². The third-order valence-corrected chi connectivity index (χ3v) is 3.31. The van der Waals surface area contributed by atoms with Gasteiger partial charge in [0, 0.05) is 18.8 Å². The molecule has 118 valence electrons. The summed E-state index contributed by atoms with van der Waals surface area (Å²) in [5, 5.41) is 2.77. The van der Waals surface area contributed by atoms with Gasteiger partial charge in [0.1, 0.15) is 0 Å². The molecule has 0 aromatic heterocycles. The third kappa shape index (κ3) is 5.43. The van der Waals surface area contributed by atoms with Crippen molar-refractivity contribution in [2.24, 2.45) is 0 Å². The lowest BCUT2D eigenvalue weighted by Gasteiger charge is -2.15. The molecule has 23 heavy (non-hydrogen) atoms. The number of anilines is 1. The number of hydrogen-bond donors (Lipinski definition) is 1. The summed E-state index contributed by atoms with van der Waals surface area (Å²) in [5.74, 6) is -0.439. The predicted octanol–water partition coefficient (Wildman–Crippen LogP) is 3.11. The summed E-state index contributed by atoms with van der Waals surface area (Å²) >= 11 is 0. The van der Waals surface area contributed by atoms with Gasteiger partial charge in [-0.15, -0.1) is 0 Å². The van der Waals surface area contributed by atoms with E-state index in [0.29, 0.717) is 0 Å². The molecule has 4 heteroatoms. The molecule has 0 radical (unpaired) electrons. The Kier molecular flexibility index (Phi) is 5.69. The summed E-state index contributed by atoms with van der Waals surface area (Å²) in [7, 11) is 1.60. The molecule has 0 bridgehead atoms. The van der Waals surface area contributed by atoms with Crippen molar-refractivity contribution in [3.05, 3.63) is 71.8 Å². The van der Waals surface area contributed by atoms with E-state index in [4.69, 9.17) is 0 Å². The van der Waals surface area contributed by atoms with Gasteiger partial charge in [0.25, 0.3) is 0 Å². The minimum absolute atomic E-state index is 0.00579. The number of aryl methyl sites for hydroxylation is 1. The van der Waals surface area contributed by atoms with E-state index >= 15 is 0 Å². The lowest BCUT2D eigenvalue weighted by molar-refractivity contribution is -0.129. The van der Waals surface area contributed by atoms with Crippen molar-refractivity contribution in [2.45, 2.75) is 6.92 Å². The number of hydrogen-bond acceptors (Lipinski definition) is 2. The van der Waals surface area contributed by atoms with Crippen LogP contribution < -0.4 is 5.32 Å². The number of carbonyl (C=O) groups excluding carboxylic acids is 2. The average Bonchev–Trinajstić information content (AvgIpc) is 2.55.